The lowest BCUT2D eigenvalue weighted by atomic mass is 10.2. The van der Waals surface area contributed by atoms with Crippen molar-refractivity contribution in [2.24, 2.45) is 0 Å². The highest BCUT2D eigenvalue weighted by molar-refractivity contribution is 7.99. The highest BCUT2D eigenvalue weighted by Crippen LogP contribution is 2.20. The molecule has 3 nitrogen and oxygen atoms in total. The van der Waals surface area contributed by atoms with Gasteiger partial charge in [-0.15, -0.1) is 0 Å². The fraction of sp³-hybridized carbons (Fsp3) is 0.278. The van der Waals surface area contributed by atoms with Gasteiger partial charge in [0.1, 0.15) is 5.75 Å². The predicted octanol–water partition coefficient (Wildman–Crippen LogP) is 4.82. The number of unbranched alkanes of at least 4 members (excludes halogenated alkanes) is 1. The van der Waals surface area contributed by atoms with Crippen LogP contribution in [0.5, 0.6) is 5.75 Å². The number of para-hydroxylation sites is 2. The molecule has 4 heteroatoms. The van der Waals surface area contributed by atoms with Gasteiger partial charge in [-0.25, -0.2) is 4.98 Å². The molecule has 3 rings (SSSR count). The van der Waals surface area contributed by atoms with Gasteiger partial charge in [0, 0.05) is 5.75 Å². The molecule has 0 fully saturated rings. The highest BCUT2D eigenvalue weighted by atomic mass is 32.2. The zero-order valence-corrected chi connectivity index (χ0v) is 13.5. The third-order valence-electron chi connectivity index (χ3n) is 3.43. The van der Waals surface area contributed by atoms with Gasteiger partial charge in [0.05, 0.1) is 17.6 Å². The van der Waals surface area contributed by atoms with Crippen LogP contribution in [0.25, 0.3) is 11.0 Å². The maximum absolute atomic E-state index is 5.73. The largest absolute Gasteiger partial charge is 0.494 e. The minimum absolute atomic E-state index is 0.768. The Bertz CT molecular complexity index is 688. The number of aryl methyl sites for hydroxylation is 1. The summed E-state index contributed by atoms with van der Waals surface area (Å²) in [5.74, 6) is 2.01. The molecule has 0 amide bonds. The van der Waals surface area contributed by atoms with Crippen LogP contribution in [0.1, 0.15) is 18.4 Å². The molecule has 0 saturated heterocycles. The number of ether oxygens (including phenoxy) is 1. The van der Waals surface area contributed by atoms with Crippen molar-refractivity contribution >= 4 is 22.8 Å². The molecule has 0 spiro atoms. The second-order valence-electron chi connectivity index (χ2n) is 5.28. The predicted molar refractivity (Wildman–Crippen MR) is 92.7 cm³/mol. The zero-order chi connectivity index (χ0) is 15.2. The number of fused-ring (bicyclic) bond motifs is 1. The van der Waals surface area contributed by atoms with Crippen molar-refractivity contribution in [3.63, 3.8) is 0 Å². The molecule has 0 radical (unpaired) electrons. The minimum Gasteiger partial charge on any atom is -0.494 e. The van der Waals surface area contributed by atoms with Crippen molar-refractivity contribution in [1.29, 1.82) is 0 Å². The van der Waals surface area contributed by atoms with E-state index < -0.39 is 0 Å². The van der Waals surface area contributed by atoms with E-state index in [9.17, 15) is 0 Å². The maximum Gasteiger partial charge on any atom is 0.166 e. The number of rotatable bonds is 7. The fourth-order valence-corrected chi connectivity index (χ4v) is 3.08. The average molecular weight is 312 g/mol. The van der Waals surface area contributed by atoms with Gasteiger partial charge in [0.15, 0.2) is 5.16 Å². The lowest BCUT2D eigenvalue weighted by Gasteiger charge is -2.05. The molecule has 2 aromatic carbocycles. The van der Waals surface area contributed by atoms with Crippen molar-refractivity contribution in [2.45, 2.75) is 24.9 Å². The summed E-state index contributed by atoms with van der Waals surface area (Å²) in [6.07, 6.45) is 2.18. The van der Waals surface area contributed by atoms with E-state index in [2.05, 4.69) is 35.1 Å². The van der Waals surface area contributed by atoms with Crippen LogP contribution < -0.4 is 4.74 Å². The number of benzene rings is 2. The number of nitrogens with one attached hydrogen (secondary N) is 1. The Kier molecular flexibility index (Phi) is 5.01. The number of thioether (sulfide) groups is 1. The fourth-order valence-electron chi connectivity index (χ4n) is 2.20. The highest BCUT2D eigenvalue weighted by Gasteiger charge is 2.02. The van der Waals surface area contributed by atoms with Crippen molar-refractivity contribution in [3.8, 4) is 5.75 Å². The second kappa shape index (κ2) is 7.36. The summed E-state index contributed by atoms with van der Waals surface area (Å²) in [6, 6.07) is 16.3. The van der Waals surface area contributed by atoms with E-state index in [1.54, 1.807) is 11.8 Å². The van der Waals surface area contributed by atoms with Crippen LogP contribution in [0.4, 0.5) is 0 Å². The number of aromatic amines is 1. The van der Waals surface area contributed by atoms with Gasteiger partial charge in [-0.2, -0.15) is 0 Å². The summed E-state index contributed by atoms with van der Waals surface area (Å²) in [6.45, 7) is 2.85. The Balaban J connectivity index is 1.36. The molecule has 22 heavy (non-hydrogen) atoms. The molecule has 0 unspecified atom stereocenters. The molecular formula is C18H20N2OS. The molecule has 1 heterocycles. The summed E-state index contributed by atoms with van der Waals surface area (Å²) in [5.41, 5.74) is 3.40. The van der Waals surface area contributed by atoms with Gasteiger partial charge in [0.25, 0.3) is 0 Å². The Morgan fingerprint density at radius 1 is 1.05 bits per heavy atom. The third-order valence-corrected chi connectivity index (χ3v) is 4.39. The molecule has 114 valence electrons. The van der Waals surface area contributed by atoms with E-state index in [1.807, 2.05) is 30.3 Å². The molecule has 0 atom stereocenters. The Morgan fingerprint density at radius 2 is 1.86 bits per heavy atom. The Hall–Kier alpha value is -1.94. The molecule has 0 aliphatic rings. The molecule has 1 N–H and O–H groups in total. The number of hydrogen-bond acceptors (Lipinski definition) is 3. The molecule has 0 bridgehead atoms. The molecule has 0 aliphatic carbocycles. The minimum atomic E-state index is 0.768. The van der Waals surface area contributed by atoms with E-state index in [1.165, 1.54) is 5.56 Å². The molecule has 1 aromatic heterocycles. The topological polar surface area (TPSA) is 37.9 Å². The van der Waals surface area contributed by atoms with E-state index in [-0.39, 0.29) is 0 Å². The molecule has 3 aromatic rings. The molecule has 0 saturated carbocycles. The molecular weight excluding hydrogens is 292 g/mol. The van der Waals surface area contributed by atoms with E-state index in [0.29, 0.717) is 0 Å². The first-order chi connectivity index (χ1) is 10.8. The van der Waals surface area contributed by atoms with Crippen LogP contribution in [0, 0.1) is 6.92 Å². The number of nitrogens with zero attached hydrogens (tertiary/aromatic N) is 1. The Morgan fingerprint density at radius 3 is 2.68 bits per heavy atom. The van der Waals surface area contributed by atoms with Gasteiger partial charge in [-0.1, -0.05) is 41.6 Å². The molecule has 0 aliphatic heterocycles. The Labute approximate surface area is 135 Å². The third kappa shape index (κ3) is 4.04. The number of H-pyrrole nitrogens is 1. The van der Waals surface area contributed by atoms with Gasteiger partial charge in [-0.05, 0) is 44.0 Å². The number of hydrogen-bond donors (Lipinski definition) is 1. The van der Waals surface area contributed by atoms with E-state index >= 15 is 0 Å². The summed E-state index contributed by atoms with van der Waals surface area (Å²) in [7, 11) is 0. The van der Waals surface area contributed by atoms with E-state index in [0.717, 1.165) is 47.1 Å². The lowest BCUT2D eigenvalue weighted by molar-refractivity contribution is 0.310. The smallest absolute Gasteiger partial charge is 0.166 e. The van der Waals surface area contributed by atoms with Gasteiger partial charge >= 0.3 is 0 Å². The first-order valence-electron chi connectivity index (χ1n) is 7.58. The number of aromatic nitrogens is 2. The van der Waals surface area contributed by atoms with Crippen LogP contribution in [0.15, 0.2) is 53.7 Å². The average Bonchev–Trinajstić information content (AvgIpc) is 2.95. The maximum atomic E-state index is 5.73. The first-order valence-corrected chi connectivity index (χ1v) is 8.57. The van der Waals surface area contributed by atoms with Crippen molar-refractivity contribution in [2.75, 3.05) is 12.4 Å². The SMILES string of the molecule is Cc1ccc(OCCCCSc2nc3ccccc3[nH]2)cc1. The van der Waals surface area contributed by atoms with E-state index in [4.69, 9.17) is 4.74 Å². The summed E-state index contributed by atoms with van der Waals surface area (Å²) < 4.78 is 5.73. The second-order valence-corrected chi connectivity index (χ2v) is 6.36. The van der Waals surface area contributed by atoms with Crippen LogP contribution >= 0.6 is 11.8 Å². The summed E-state index contributed by atoms with van der Waals surface area (Å²) >= 11 is 1.77. The quantitative estimate of drug-likeness (QED) is 0.502. The lowest BCUT2D eigenvalue weighted by Crippen LogP contribution is -1.98. The normalized spacial score (nSPS) is 11.0. The van der Waals surface area contributed by atoms with Crippen LogP contribution in [-0.2, 0) is 0 Å². The zero-order valence-electron chi connectivity index (χ0n) is 12.7. The van der Waals surface area contributed by atoms with Crippen LogP contribution in [0.2, 0.25) is 0 Å². The van der Waals surface area contributed by atoms with Crippen molar-refractivity contribution in [1.82, 2.24) is 9.97 Å². The van der Waals surface area contributed by atoms with Gasteiger partial charge in [0.2, 0.25) is 0 Å². The van der Waals surface area contributed by atoms with Crippen molar-refractivity contribution < 1.29 is 4.74 Å². The van der Waals surface area contributed by atoms with Gasteiger partial charge in [-0.3, -0.25) is 0 Å². The standard InChI is InChI=1S/C18H20N2OS/c1-14-8-10-15(11-9-14)21-12-4-5-13-22-18-19-16-6-2-3-7-17(16)20-18/h2-3,6-11H,4-5,12-13H2,1H3,(H,19,20). The van der Waals surface area contributed by atoms with Gasteiger partial charge < -0.3 is 9.72 Å². The summed E-state index contributed by atoms with van der Waals surface area (Å²) in [4.78, 5) is 7.90. The van der Waals surface area contributed by atoms with Crippen molar-refractivity contribution in [3.05, 3.63) is 54.1 Å². The number of imidazole rings is 1. The summed E-state index contributed by atoms with van der Waals surface area (Å²) in [5, 5.41) is 1.00. The van der Waals surface area contributed by atoms with Crippen LogP contribution in [0.3, 0.4) is 0 Å². The first kappa shape index (κ1) is 15.0. The van der Waals surface area contributed by atoms with Crippen LogP contribution in [-0.4, -0.2) is 22.3 Å². The monoisotopic (exact) mass is 312 g/mol.